The van der Waals surface area contributed by atoms with Crippen LogP contribution in [0, 0.1) is 0 Å². The van der Waals surface area contributed by atoms with Crippen molar-refractivity contribution >= 4 is 12.1 Å². The standard InChI is InChI=1S/C3H5NO4/c1-2(5)7-3(6)8-4/h4H2,1H3. The normalized spacial score (nSPS) is 7.75. The Hall–Kier alpha value is -1.10. The van der Waals surface area contributed by atoms with Crippen LogP contribution in [0.3, 0.4) is 0 Å². The molecule has 0 saturated carbocycles. The quantitative estimate of drug-likeness (QED) is 0.265. The van der Waals surface area contributed by atoms with Gasteiger partial charge in [0.15, 0.2) is 0 Å². The summed E-state index contributed by atoms with van der Waals surface area (Å²) in [6.07, 6.45) is -1.20. The highest BCUT2D eigenvalue weighted by atomic mass is 16.8. The number of hydrogen-bond acceptors (Lipinski definition) is 5. The van der Waals surface area contributed by atoms with Crippen molar-refractivity contribution in [2.75, 3.05) is 0 Å². The van der Waals surface area contributed by atoms with Crippen molar-refractivity contribution in [1.29, 1.82) is 0 Å². The van der Waals surface area contributed by atoms with Crippen LogP contribution in [0.5, 0.6) is 0 Å². The molecule has 0 radical (unpaired) electrons. The molecule has 0 heterocycles. The van der Waals surface area contributed by atoms with E-state index in [0.29, 0.717) is 0 Å². The van der Waals surface area contributed by atoms with E-state index in [4.69, 9.17) is 0 Å². The van der Waals surface area contributed by atoms with E-state index in [1.165, 1.54) is 0 Å². The Morgan fingerprint density at radius 1 is 1.50 bits per heavy atom. The summed E-state index contributed by atoms with van der Waals surface area (Å²) in [6, 6.07) is 0. The van der Waals surface area contributed by atoms with E-state index in [9.17, 15) is 9.59 Å². The molecular weight excluding hydrogens is 114 g/mol. The topological polar surface area (TPSA) is 78.6 Å². The molecule has 0 atom stereocenters. The minimum atomic E-state index is -1.20. The fraction of sp³-hybridized carbons (Fsp3) is 0.333. The summed E-state index contributed by atoms with van der Waals surface area (Å²) < 4.78 is 3.77. The van der Waals surface area contributed by atoms with Crippen LogP contribution in [0.4, 0.5) is 4.79 Å². The first-order chi connectivity index (χ1) is 3.66. The van der Waals surface area contributed by atoms with Gasteiger partial charge in [0.05, 0.1) is 0 Å². The third kappa shape index (κ3) is 3.10. The van der Waals surface area contributed by atoms with Gasteiger partial charge in [-0.1, -0.05) is 0 Å². The Kier molecular flexibility index (Phi) is 2.57. The highest BCUT2D eigenvalue weighted by molar-refractivity contribution is 5.79. The van der Waals surface area contributed by atoms with Crippen LogP contribution in [-0.2, 0) is 14.4 Å². The fourth-order valence-corrected chi connectivity index (χ4v) is 0.141. The van der Waals surface area contributed by atoms with Crippen LogP contribution >= 0.6 is 0 Å². The molecule has 5 heteroatoms. The van der Waals surface area contributed by atoms with Crippen LogP contribution < -0.4 is 5.90 Å². The Balaban J connectivity index is 3.40. The third-order valence-corrected chi connectivity index (χ3v) is 0.323. The molecule has 0 saturated heterocycles. The summed E-state index contributed by atoms with van der Waals surface area (Å²) in [5, 5.41) is 0. The van der Waals surface area contributed by atoms with Gasteiger partial charge in [-0.25, -0.2) is 4.79 Å². The lowest BCUT2D eigenvalue weighted by Crippen LogP contribution is -2.14. The molecule has 46 valence electrons. The second-order valence-corrected chi connectivity index (χ2v) is 0.961. The molecule has 0 aliphatic carbocycles. The maximum Gasteiger partial charge on any atom is 0.535 e. The number of esters is 1. The van der Waals surface area contributed by atoms with Crippen LogP contribution in [0.15, 0.2) is 0 Å². The average Bonchev–Trinajstić information content (AvgIpc) is 1.65. The summed E-state index contributed by atoms with van der Waals surface area (Å²) in [6.45, 7) is 1.07. The predicted octanol–water partition coefficient (Wildman–Crippen LogP) is -0.440. The van der Waals surface area contributed by atoms with E-state index in [1.54, 1.807) is 0 Å². The maximum absolute atomic E-state index is 9.83. The van der Waals surface area contributed by atoms with E-state index >= 15 is 0 Å². The van der Waals surface area contributed by atoms with Crippen molar-refractivity contribution in [3.8, 4) is 0 Å². The van der Waals surface area contributed by atoms with E-state index in [2.05, 4.69) is 15.5 Å². The third-order valence-electron chi connectivity index (χ3n) is 0.323. The highest BCUT2D eigenvalue weighted by Crippen LogP contribution is 1.78. The van der Waals surface area contributed by atoms with Gasteiger partial charge >= 0.3 is 12.1 Å². The molecule has 0 fully saturated rings. The van der Waals surface area contributed by atoms with Gasteiger partial charge in [0.2, 0.25) is 0 Å². The summed E-state index contributed by atoms with van der Waals surface area (Å²) in [5.41, 5.74) is 0. The molecule has 0 aromatic heterocycles. The second-order valence-electron chi connectivity index (χ2n) is 0.961. The van der Waals surface area contributed by atoms with Gasteiger partial charge in [-0.3, -0.25) is 4.79 Å². The summed E-state index contributed by atoms with van der Waals surface area (Å²) in [4.78, 5) is 23.1. The van der Waals surface area contributed by atoms with Crippen molar-refractivity contribution in [2.24, 2.45) is 5.90 Å². The minimum absolute atomic E-state index is 0.750. The number of carbonyl (C=O) groups is 2. The van der Waals surface area contributed by atoms with E-state index < -0.39 is 12.1 Å². The molecule has 0 unspecified atom stereocenters. The van der Waals surface area contributed by atoms with Gasteiger partial charge in [0.25, 0.3) is 0 Å². The van der Waals surface area contributed by atoms with Gasteiger partial charge in [0, 0.05) is 6.92 Å². The number of hydrogen-bond donors (Lipinski definition) is 1. The van der Waals surface area contributed by atoms with E-state index in [-0.39, 0.29) is 0 Å². The van der Waals surface area contributed by atoms with Gasteiger partial charge in [0.1, 0.15) is 0 Å². The first-order valence-corrected chi connectivity index (χ1v) is 1.76. The van der Waals surface area contributed by atoms with E-state index in [0.717, 1.165) is 6.92 Å². The summed E-state index contributed by atoms with van der Waals surface area (Å²) in [7, 11) is 0. The minimum Gasteiger partial charge on any atom is -0.360 e. The van der Waals surface area contributed by atoms with Gasteiger partial charge < -0.3 is 9.57 Å². The summed E-state index contributed by atoms with van der Waals surface area (Å²) in [5.74, 6) is 3.54. The fourth-order valence-electron chi connectivity index (χ4n) is 0.141. The summed E-state index contributed by atoms with van der Waals surface area (Å²) >= 11 is 0. The molecule has 0 aliphatic rings. The van der Waals surface area contributed by atoms with Crippen LogP contribution in [-0.4, -0.2) is 12.1 Å². The first-order valence-electron chi connectivity index (χ1n) is 1.76. The number of rotatable bonds is 0. The van der Waals surface area contributed by atoms with Gasteiger partial charge in [-0.2, -0.15) is 5.90 Å². The van der Waals surface area contributed by atoms with Crippen molar-refractivity contribution < 1.29 is 19.2 Å². The monoisotopic (exact) mass is 119 g/mol. The maximum atomic E-state index is 9.83. The van der Waals surface area contributed by atoms with Crippen LogP contribution in [0.25, 0.3) is 0 Å². The van der Waals surface area contributed by atoms with Gasteiger partial charge in [-0.15, -0.1) is 0 Å². The number of carbonyl (C=O) groups excluding carboxylic acids is 2. The lowest BCUT2D eigenvalue weighted by molar-refractivity contribution is -0.137. The molecule has 0 aliphatic heterocycles. The van der Waals surface area contributed by atoms with Crippen LogP contribution in [0.2, 0.25) is 0 Å². The molecule has 5 nitrogen and oxygen atoms in total. The zero-order valence-corrected chi connectivity index (χ0v) is 4.21. The lowest BCUT2D eigenvalue weighted by Gasteiger charge is -1.92. The Labute approximate surface area is 45.3 Å². The lowest BCUT2D eigenvalue weighted by atomic mass is 10.8. The second kappa shape index (κ2) is 2.98. The van der Waals surface area contributed by atoms with Gasteiger partial charge in [-0.05, 0) is 0 Å². The molecule has 0 aromatic rings. The zero-order chi connectivity index (χ0) is 6.57. The van der Waals surface area contributed by atoms with Crippen molar-refractivity contribution in [3.05, 3.63) is 0 Å². The molecule has 0 rings (SSSR count). The molecule has 0 spiro atoms. The molecule has 0 aromatic carbocycles. The smallest absolute Gasteiger partial charge is 0.360 e. The molecular formula is C3H5NO4. The van der Waals surface area contributed by atoms with Crippen molar-refractivity contribution in [2.45, 2.75) is 6.92 Å². The predicted molar refractivity (Wildman–Crippen MR) is 22.4 cm³/mol. The first kappa shape index (κ1) is 6.90. The van der Waals surface area contributed by atoms with E-state index in [1.807, 2.05) is 0 Å². The van der Waals surface area contributed by atoms with Crippen molar-refractivity contribution in [3.63, 3.8) is 0 Å². The Bertz CT molecular complexity index is 110. The number of nitrogens with two attached hydrogens (primary N) is 1. The molecule has 8 heavy (non-hydrogen) atoms. The molecule has 0 bridgehead atoms. The molecule has 0 amide bonds. The Morgan fingerprint density at radius 3 is 2.12 bits per heavy atom. The average molecular weight is 119 g/mol. The van der Waals surface area contributed by atoms with Crippen LogP contribution in [0.1, 0.15) is 6.92 Å². The SMILES string of the molecule is CC(=O)OC(=O)ON. The zero-order valence-electron chi connectivity index (χ0n) is 4.21. The Morgan fingerprint density at radius 2 is 2.00 bits per heavy atom. The molecule has 2 N–H and O–H groups in total. The number of ether oxygens (including phenoxy) is 1. The highest BCUT2D eigenvalue weighted by Gasteiger charge is 2.02. The van der Waals surface area contributed by atoms with Crippen molar-refractivity contribution in [1.82, 2.24) is 0 Å². The largest absolute Gasteiger partial charge is 0.535 e.